The van der Waals surface area contributed by atoms with Crippen molar-refractivity contribution in [2.45, 2.75) is 6.42 Å². The summed E-state index contributed by atoms with van der Waals surface area (Å²) < 4.78 is 0. The van der Waals surface area contributed by atoms with Crippen LogP contribution < -0.4 is 10.7 Å². The number of phenolic OH excluding ortho intramolecular Hbond substituents is 1. The van der Waals surface area contributed by atoms with E-state index in [1.165, 1.54) is 12.1 Å². The summed E-state index contributed by atoms with van der Waals surface area (Å²) in [5.74, 6) is -1.83. The zero-order chi connectivity index (χ0) is 20.0. The molecule has 9 nitrogen and oxygen atoms in total. The van der Waals surface area contributed by atoms with Crippen LogP contribution in [0.3, 0.4) is 0 Å². The first-order valence-corrected chi connectivity index (χ1v) is 8.06. The fourth-order valence-corrected chi connectivity index (χ4v) is 2.27. The number of nitrogens with one attached hydrogen (secondary N) is 2. The number of halogens is 2. The molecule has 2 rings (SSSR count). The van der Waals surface area contributed by atoms with Crippen molar-refractivity contribution in [1.82, 2.24) is 5.43 Å². The zero-order valence-electron chi connectivity index (χ0n) is 13.5. The molecule has 27 heavy (non-hydrogen) atoms. The molecule has 3 N–H and O–H groups in total. The number of aromatic hydroxyl groups is 1. The third-order valence-electron chi connectivity index (χ3n) is 3.15. The highest BCUT2D eigenvalue weighted by molar-refractivity contribution is 6.44. The monoisotopic (exact) mass is 410 g/mol. The molecule has 0 bridgehead atoms. The van der Waals surface area contributed by atoms with E-state index in [0.717, 1.165) is 18.3 Å². The standard InChI is InChI=1S/C16H12Cl2N4O5/c17-10-2-1-3-11(16(10)18)20-14(24)7-15(25)21-19-8-9-4-5-13(23)12(6-9)22(26)27/h1-6,8,23H,7H2,(H,20,24)(H,21,25)/b19-8+. The van der Waals surface area contributed by atoms with Crippen molar-refractivity contribution in [3.63, 3.8) is 0 Å². The van der Waals surface area contributed by atoms with E-state index in [-0.39, 0.29) is 21.3 Å². The van der Waals surface area contributed by atoms with E-state index in [9.17, 15) is 24.8 Å². The second-order valence-corrected chi connectivity index (χ2v) is 5.91. The van der Waals surface area contributed by atoms with Crippen molar-refractivity contribution in [1.29, 1.82) is 0 Å². The molecule has 0 saturated carbocycles. The van der Waals surface area contributed by atoms with Crippen LogP contribution in [0.5, 0.6) is 5.75 Å². The maximum absolute atomic E-state index is 11.8. The maximum atomic E-state index is 11.8. The van der Waals surface area contributed by atoms with Gasteiger partial charge in [-0.15, -0.1) is 0 Å². The molecule has 0 aliphatic carbocycles. The largest absolute Gasteiger partial charge is 0.502 e. The maximum Gasteiger partial charge on any atom is 0.311 e. The van der Waals surface area contributed by atoms with E-state index < -0.39 is 34.6 Å². The lowest BCUT2D eigenvalue weighted by molar-refractivity contribution is -0.385. The molecule has 0 fully saturated rings. The van der Waals surface area contributed by atoms with Gasteiger partial charge in [0.05, 0.1) is 26.9 Å². The van der Waals surface area contributed by atoms with Gasteiger partial charge in [0.1, 0.15) is 6.42 Å². The lowest BCUT2D eigenvalue weighted by atomic mass is 10.2. The minimum absolute atomic E-state index is 0.153. The number of hydrogen-bond donors (Lipinski definition) is 3. The van der Waals surface area contributed by atoms with Crippen LogP contribution in [0.4, 0.5) is 11.4 Å². The average Bonchev–Trinajstić information content (AvgIpc) is 2.60. The smallest absolute Gasteiger partial charge is 0.311 e. The van der Waals surface area contributed by atoms with Gasteiger partial charge in [-0.2, -0.15) is 5.10 Å². The molecule has 11 heteroatoms. The predicted molar refractivity (Wildman–Crippen MR) is 100 cm³/mol. The molecule has 0 aliphatic heterocycles. The third-order valence-corrected chi connectivity index (χ3v) is 3.96. The Morgan fingerprint density at radius 1 is 1.22 bits per heavy atom. The SMILES string of the molecule is O=C(CC(=O)Nc1cccc(Cl)c1Cl)N/N=C/c1ccc(O)c([N+](=O)[O-])c1. The molecule has 0 saturated heterocycles. The highest BCUT2D eigenvalue weighted by Crippen LogP contribution is 2.29. The first-order valence-electron chi connectivity index (χ1n) is 7.31. The minimum Gasteiger partial charge on any atom is -0.502 e. The van der Waals surface area contributed by atoms with E-state index >= 15 is 0 Å². The van der Waals surface area contributed by atoms with Crippen LogP contribution in [0.2, 0.25) is 10.0 Å². The van der Waals surface area contributed by atoms with E-state index in [0.29, 0.717) is 0 Å². The summed E-state index contributed by atoms with van der Waals surface area (Å²) in [5.41, 5.74) is 2.16. The van der Waals surface area contributed by atoms with Gasteiger partial charge in [0.25, 0.3) is 0 Å². The first kappa shape index (κ1) is 20.1. The number of hydrogen-bond acceptors (Lipinski definition) is 6. The van der Waals surface area contributed by atoms with Crippen LogP contribution in [0, 0.1) is 10.1 Å². The van der Waals surface area contributed by atoms with Gasteiger partial charge in [-0.25, -0.2) is 5.43 Å². The molecule has 0 radical (unpaired) electrons. The lowest BCUT2D eigenvalue weighted by Crippen LogP contribution is -2.24. The fourth-order valence-electron chi connectivity index (χ4n) is 1.93. The van der Waals surface area contributed by atoms with E-state index in [4.69, 9.17) is 23.2 Å². The Labute approximate surface area is 162 Å². The van der Waals surface area contributed by atoms with Crippen LogP contribution in [-0.4, -0.2) is 28.1 Å². The number of carbonyl (C=O) groups is 2. The van der Waals surface area contributed by atoms with Gasteiger partial charge in [-0.05, 0) is 24.3 Å². The highest BCUT2D eigenvalue weighted by Gasteiger charge is 2.14. The number of hydrazone groups is 1. The summed E-state index contributed by atoms with van der Waals surface area (Å²) in [7, 11) is 0. The number of nitro groups is 1. The number of carbonyl (C=O) groups excluding carboxylic acids is 2. The molecule has 0 unspecified atom stereocenters. The van der Waals surface area contributed by atoms with Gasteiger partial charge < -0.3 is 10.4 Å². The van der Waals surface area contributed by atoms with Gasteiger partial charge >= 0.3 is 5.69 Å². The van der Waals surface area contributed by atoms with E-state index in [1.807, 2.05) is 0 Å². The molecule has 140 valence electrons. The molecule has 0 atom stereocenters. The zero-order valence-corrected chi connectivity index (χ0v) is 15.0. The Kier molecular flexibility index (Phi) is 6.69. The Balaban J connectivity index is 1.91. The number of amides is 2. The summed E-state index contributed by atoms with van der Waals surface area (Å²) in [5, 5.41) is 26.6. The predicted octanol–water partition coefficient (Wildman–Crippen LogP) is 3.09. The molecular formula is C16H12Cl2N4O5. The molecule has 0 aliphatic rings. The van der Waals surface area contributed by atoms with E-state index in [2.05, 4.69) is 15.8 Å². The number of nitro benzene ring substituents is 1. The minimum atomic E-state index is -0.753. The van der Waals surface area contributed by atoms with Crippen LogP contribution in [0.25, 0.3) is 0 Å². The number of benzene rings is 2. The van der Waals surface area contributed by atoms with Crippen molar-refractivity contribution in [3.05, 3.63) is 62.1 Å². The Hall–Kier alpha value is -3.17. The van der Waals surface area contributed by atoms with Gasteiger partial charge in [-0.1, -0.05) is 29.3 Å². The molecule has 0 aromatic heterocycles. The second-order valence-electron chi connectivity index (χ2n) is 5.12. The van der Waals surface area contributed by atoms with Gasteiger partial charge in [0.15, 0.2) is 5.75 Å². The second kappa shape index (κ2) is 8.97. The average molecular weight is 411 g/mol. The Bertz CT molecular complexity index is 933. The summed E-state index contributed by atoms with van der Waals surface area (Å²) in [6.07, 6.45) is 0.603. The van der Waals surface area contributed by atoms with Crippen molar-refractivity contribution in [2.24, 2.45) is 5.10 Å². The van der Waals surface area contributed by atoms with Crippen molar-refractivity contribution < 1.29 is 19.6 Å². The summed E-state index contributed by atoms with van der Waals surface area (Å²) in [6, 6.07) is 8.24. The summed E-state index contributed by atoms with van der Waals surface area (Å²) in [6.45, 7) is 0. The van der Waals surface area contributed by atoms with Crippen molar-refractivity contribution >= 4 is 52.6 Å². The van der Waals surface area contributed by atoms with Crippen LogP contribution in [-0.2, 0) is 9.59 Å². The quantitative estimate of drug-likeness (QED) is 0.291. The van der Waals surface area contributed by atoms with Crippen LogP contribution >= 0.6 is 23.2 Å². The van der Waals surface area contributed by atoms with Crippen molar-refractivity contribution in [3.8, 4) is 5.75 Å². The lowest BCUT2D eigenvalue weighted by Gasteiger charge is -2.07. The number of nitrogens with zero attached hydrogens (tertiary/aromatic N) is 2. The van der Waals surface area contributed by atoms with Gasteiger partial charge in [0, 0.05) is 11.6 Å². The highest BCUT2D eigenvalue weighted by atomic mass is 35.5. The van der Waals surface area contributed by atoms with E-state index in [1.54, 1.807) is 12.1 Å². The molecule has 0 spiro atoms. The van der Waals surface area contributed by atoms with Crippen LogP contribution in [0.15, 0.2) is 41.5 Å². The molecule has 2 amide bonds. The molecule has 2 aromatic carbocycles. The van der Waals surface area contributed by atoms with Gasteiger partial charge in [0.2, 0.25) is 11.8 Å². The normalized spacial score (nSPS) is 10.6. The number of phenols is 1. The molecule has 2 aromatic rings. The third kappa shape index (κ3) is 5.66. The Morgan fingerprint density at radius 3 is 2.67 bits per heavy atom. The Morgan fingerprint density at radius 2 is 1.96 bits per heavy atom. The van der Waals surface area contributed by atoms with Gasteiger partial charge in [-0.3, -0.25) is 19.7 Å². The molecular weight excluding hydrogens is 399 g/mol. The first-order chi connectivity index (χ1) is 12.8. The number of rotatable bonds is 6. The fraction of sp³-hybridized carbons (Fsp3) is 0.0625. The summed E-state index contributed by atoms with van der Waals surface area (Å²) in [4.78, 5) is 33.6. The topological polar surface area (TPSA) is 134 Å². The number of anilines is 1. The van der Waals surface area contributed by atoms with Crippen LogP contribution in [0.1, 0.15) is 12.0 Å². The summed E-state index contributed by atoms with van der Waals surface area (Å²) >= 11 is 11.8. The van der Waals surface area contributed by atoms with Crippen molar-refractivity contribution in [2.75, 3.05) is 5.32 Å². The molecule has 0 heterocycles.